The number of methoxy groups -OCH3 is 1. The summed E-state index contributed by atoms with van der Waals surface area (Å²) in [5.41, 5.74) is -0.278. The van der Waals surface area contributed by atoms with E-state index < -0.39 is 17.7 Å². The second-order valence-corrected chi connectivity index (χ2v) is 5.57. The molecule has 0 spiro atoms. The molecule has 25 heavy (non-hydrogen) atoms. The van der Waals surface area contributed by atoms with E-state index in [0.29, 0.717) is 32.0 Å². The average molecular weight is 356 g/mol. The van der Waals surface area contributed by atoms with Crippen LogP contribution >= 0.6 is 0 Å². The number of anilines is 2. The molecule has 0 atom stereocenters. The van der Waals surface area contributed by atoms with Gasteiger partial charge in [0.25, 0.3) is 0 Å². The molecule has 3 rings (SSSR count). The van der Waals surface area contributed by atoms with Crippen LogP contribution in [0.15, 0.2) is 30.3 Å². The molecule has 0 aliphatic carbocycles. The fourth-order valence-corrected chi connectivity index (χ4v) is 2.69. The highest BCUT2D eigenvalue weighted by Gasteiger charge is 2.33. The van der Waals surface area contributed by atoms with Crippen LogP contribution in [0.4, 0.5) is 29.1 Å². The minimum atomic E-state index is -4.50. The SMILES string of the molecule is COc1ccc(N2CCN(c3ccc(C(F)(F)F)nn3)CC2)cc1F. The standard InChI is InChI=1S/C16H16F4N4O/c1-25-13-3-2-11(10-12(13)17)23-6-8-24(9-7-23)15-5-4-14(21-22-15)16(18,19)20/h2-5,10H,6-9H2,1H3. The molecule has 1 aliphatic heterocycles. The van der Waals surface area contributed by atoms with E-state index in [-0.39, 0.29) is 5.75 Å². The number of aromatic nitrogens is 2. The number of nitrogens with zero attached hydrogens (tertiary/aromatic N) is 4. The summed E-state index contributed by atoms with van der Waals surface area (Å²) in [5, 5.41) is 6.90. The van der Waals surface area contributed by atoms with Crippen molar-refractivity contribution in [3.05, 3.63) is 41.8 Å². The molecule has 1 aliphatic rings. The second-order valence-electron chi connectivity index (χ2n) is 5.57. The smallest absolute Gasteiger partial charge is 0.435 e. The number of benzene rings is 1. The molecule has 0 unspecified atom stereocenters. The summed E-state index contributed by atoms with van der Waals surface area (Å²) in [6.45, 7) is 2.28. The Morgan fingerprint density at radius 1 is 0.960 bits per heavy atom. The maximum atomic E-state index is 13.8. The number of alkyl halides is 3. The third-order valence-electron chi connectivity index (χ3n) is 4.05. The van der Waals surface area contributed by atoms with Gasteiger partial charge in [0, 0.05) is 37.9 Å². The van der Waals surface area contributed by atoms with Crippen LogP contribution in [0.25, 0.3) is 0 Å². The zero-order valence-electron chi connectivity index (χ0n) is 13.4. The Morgan fingerprint density at radius 3 is 2.16 bits per heavy atom. The monoisotopic (exact) mass is 356 g/mol. The summed E-state index contributed by atoms with van der Waals surface area (Å²) in [6.07, 6.45) is -4.50. The lowest BCUT2D eigenvalue weighted by atomic mass is 10.2. The molecular formula is C16H16F4N4O. The molecule has 1 fully saturated rings. The van der Waals surface area contributed by atoms with E-state index in [4.69, 9.17) is 4.74 Å². The van der Waals surface area contributed by atoms with Crippen LogP contribution in [0.3, 0.4) is 0 Å². The Morgan fingerprint density at radius 2 is 1.64 bits per heavy atom. The molecule has 0 radical (unpaired) electrons. The predicted molar refractivity (Wildman–Crippen MR) is 84.4 cm³/mol. The molecule has 1 aromatic carbocycles. The van der Waals surface area contributed by atoms with Crippen molar-refractivity contribution < 1.29 is 22.3 Å². The van der Waals surface area contributed by atoms with Gasteiger partial charge in [0.15, 0.2) is 23.1 Å². The van der Waals surface area contributed by atoms with Gasteiger partial charge >= 0.3 is 6.18 Å². The van der Waals surface area contributed by atoms with Crippen LogP contribution in [0.2, 0.25) is 0 Å². The van der Waals surface area contributed by atoms with E-state index in [1.165, 1.54) is 19.2 Å². The summed E-state index contributed by atoms with van der Waals surface area (Å²) < 4.78 is 56.3. The molecule has 1 aromatic heterocycles. The topological polar surface area (TPSA) is 41.5 Å². The second kappa shape index (κ2) is 6.73. The molecule has 0 bridgehead atoms. The highest BCUT2D eigenvalue weighted by Crippen LogP contribution is 2.28. The molecule has 9 heteroatoms. The van der Waals surface area contributed by atoms with Gasteiger partial charge in [0.1, 0.15) is 0 Å². The van der Waals surface area contributed by atoms with E-state index in [2.05, 4.69) is 10.2 Å². The average Bonchev–Trinajstić information content (AvgIpc) is 2.61. The molecule has 1 saturated heterocycles. The van der Waals surface area contributed by atoms with Crippen molar-refractivity contribution in [2.24, 2.45) is 0 Å². The number of hydrogen-bond donors (Lipinski definition) is 0. The van der Waals surface area contributed by atoms with Gasteiger partial charge in [0.2, 0.25) is 0 Å². The van der Waals surface area contributed by atoms with Gasteiger partial charge in [-0.2, -0.15) is 13.2 Å². The normalized spacial score (nSPS) is 15.4. The summed E-state index contributed by atoms with van der Waals surface area (Å²) in [5.74, 6) is 0.145. The van der Waals surface area contributed by atoms with Gasteiger partial charge in [-0.15, -0.1) is 10.2 Å². The maximum absolute atomic E-state index is 13.8. The summed E-state index contributed by atoms with van der Waals surface area (Å²) in [4.78, 5) is 3.85. The van der Waals surface area contributed by atoms with E-state index in [1.54, 1.807) is 12.1 Å². The summed E-state index contributed by atoms with van der Waals surface area (Å²) in [6, 6.07) is 6.99. The molecule has 2 aromatic rings. The van der Waals surface area contributed by atoms with Gasteiger partial charge < -0.3 is 14.5 Å². The Hall–Kier alpha value is -2.58. The third-order valence-corrected chi connectivity index (χ3v) is 4.05. The first-order valence-corrected chi connectivity index (χ1v) is 7.63. The molecule has 0 amide bonds. The van der Waals surface area contributed by atoms with E-state index in [0.717, 1.165) is 11.8 Å². The fraction of sp³-hybridized carbons (Fsp3) is 0.375. The van der Waals surface area contributed by atoms with E-state index in [9.17, 15) is 17.6 Å². The van der Waals surface area contributed by atoms with Gasteiger partial charge in [-0.05, 0) is 24.3 Å². The van der Waals surface area contributed by atoms with E-state index >= 15 is 0 Å². The number of halogens is 4. The zero-order valence-corrected chi connectivity index (χ0v) is 13.4. The molecule has 0 N–H and O–H groups in total. The largest absolute Gasteiger partial charge is 0.494 e. The van der Waals surface area contributed by atoms with E-state index in [1.807, 2.05) is 9.80 Å². The molecular weight excluding hydrogens is 340 g/mol. The lowest BCUT2D eigenvalue weighted by molar-refractivity contribution is -0.141. The Kier molecular flexibility index (Phi) is 4.65. The highest BCUT2D eigenvalue weighted by molar-refractivity contribution is 5.52. The van der Waals surface area contributed by atoms with Crippen LogP contribution in [-0.4, -0.2) is 43.5 Å². The van der Waals surface area contributed by atoms with Gasteiger partial charge in [0.05, 0.1) is 7.11 Å². The van der Waals surface area contributed by atoms with Crippen molar-refractivity contribution >= 4 is 11.5 Å². The first-order chi connectivity index (χ1) is 11.9. The molecule has 0 saturated carbocycles. The van der Waals surface area contributed by atoms with Gasteiger partial charge in [-0.25, -0.2) is 4.39 Å². The van der Waals surface area contributed by atoms with Crippen molar-refractivity contribution in [3.8, 4) is 5.75 Å². The Balaban J connectivity index is 1.64. The lowest BCUT2D eigenvalue weighted by Crippen LogP contribution is -2.47. The van der Waals surface area contributed by atoms with Crippen LogP contribution < -0.4 is 14.5 Å². The van der Waals surface area contributed by atoms with Crippen molar-refractivity contribution in [2.75, 3.05) is 43.1 Å². The molecule has 2 heterocycles. The van der Waals surface area contributed by atoms with Crippen LogP contribution in [0, 0.1) is 5.82 Å². The minimum Gasteiger partial charge on any atom is -0.494 e. The molecule has 134 valence electrons. The third kappa shape index (κ3) is 3.75. The molecule has 5 nitrogen and oxygen atoms in total. The summed E-state index contributed by atoms with van der Waals surface area (Å²) in [7, 11) is 1.40. The lowest BCUT2D eigenvalue weighted by Gasteiger charge is -2.36. The van der Waals surface area contributed by atoms with Gasteiger partial charge in [-0.3, -0.25) is 0 Å². The van der Waals surface area contributed by atoms with Crippen molar-refractivity contribution in [1.29, 1.82) is 0 Å². The van der Waals surface area contributed by atoms with Gasteiger partial charge in [-0.1, -0.05) is 0 Å². The Bertz CT molecular complexity index is 728. The predicted octanol–water partition coefficient (Wildman–Crippen LogP) is 2.97. The van der Waals surface area contributed by atoms with Crippen LogP contribution in [0.5, 0.6) is 5.75 Å². The van der Waals surface area contributed by atoms with Crippen molar-refractivity contribution in [1.82, 2.24) is 10.2 Å². The Labute approximate surface area is 141 Å². The number of ether oxygens (including phenoxy) is 1. The number of hydrogen-bond acceptors (Lipinski definition) is 5. The highest BCUT2D eigenvalue weighted by atomic mass is 19.4. The minimum absolute atomic E-state index is 0.183. The summed E-state index contributed by atoms with van der Waals surface area (Å²) >= 11 is 0. The quantitative estimate of drug-likeness (QED) is 0.791. The van der Waals surface area contributed by atoms with Crippen LogP contribution in [-0.2, 0) is 6.18 Å². The van der Waals surface area contributed by atoms with Crippen molar-refractivity contribution in [3.63, 3.8) is 0 Å². The fourth-order valence-electron chi connectivity index (χ4n) is 2.69. The number of piperazine rings is 1. The van der Waals surface area contributed by atoms with Crippen LogP contribution in [0.1, 0.15) is 5.69 Å². The maximum Gasteiger partial charge on any atom is 0.435 e. The zero-order chi connectivity index (χ0) is 18.0. The first-order valence-electron chi connectivity index (χ1n) is 7.63. The first kappa shape index (κ1) is 17.2. The van der Waals surface area contributed by atoms with Crippen molar-refractivity contribution in [2.45, 2.75) is 6.18 Å². The number of rotatable bonds is 3.